The molecule has 0 saturated carbocycles. The Balaban J connectivity index is 2.55. The third-order valence-corrected chi connectivity index (χ3v) is 2.95. The SMILES string of the molecule is CCNc1cn2ccnc2c(N(CC)C(C)C)n1. The molecule has 0 aliphatic carbocycles. The lowest BCUT2D eigenvalue weighted by Gasteiger charge is -2.26. The second-order valence-corrected chi connectivity index (χ2v) is 4.52. The highest BCUT2D eigenvalue weighted by Gasteiger charge is 2.16. The minimum atomic E-state index is 0.403. The van der Waals surface area contributed by atoms with Gasteiger partial charge >= 0.3 is 0 Å². The van der Waals surface area contributed by atoms with Gasteiger partial charge < -0.3 is 14.6 Å². The number of nitrogens with zero attached hydrogens (tertiary/aromatic N) is 4. The van der Waals surface area contributed by atoms with Crippen LogP contribution in [0.4, 0.5) is 11.6 Å². The van der Waals surface area contributed by atoms with Gasteiger partial charge in [0.1, 0.15) is 5.82 Å². The Kier molecular flexibility index (Phi) is 3.69. The molecule has 0 spiro atoms. The van der Waals surface area contributed by atoms with E-state index in [1.807, 2.05) is 23.0 Å². The average Bonchev–Trinajstić information content (AvgIpc) is 2.78. The monoisotopic (exact) mass is 247 g/mol. The quantitative estimate of drug-likeness (QED) is 0.881. The van der Waals surface area contributed by atoms with E-state index in [-0.39, 0.29) is 0 Å². The smallest absolute Gasteiger partial charge is 0.180 e. The molecule has 0 aliphatic heterocycles. The highest BCUT2D eigenvalue weighted by molar-refractivity contribution is 5.67. The van der Waals surface area contributed by atoms with Crippen LogP contribution in [0, 0.1) is 0 Å². The third kappa shape index (κ3) is 2.25. The average molecular weight is 247 g/mol. The van der Waals surface area contributed by atoms with E-state index in [0.29, 0.717) is 6.04 Å². The summed E-state index contributed by atoms with van der Waals surface area (Å²) in [7, 11) is 0. The molecular weight excluding hydrogens is 226 g/mol. The molecule has 0 saturated heterocycles. The van der Waals surface area contributed by atoms with Crippen LogP contribution in [0.25, 0.3) is 5.65 Å². The molecule has 0 atom stereocenters. The number of aromatic nitrogens is 3. The fraction of sp³-hybridized carbons (Fsp3) is 0.538. The zero-order chi connectivity index (χ0) is 13.1. The first-order valence-electron chi connectivity index (χ1n) is 6.51. The molecule has 0 radical (unpaired) electrons. The molecule has 2 aromatic rings. The molecule has 0 bridgehead atoms. The minimum absolute atomic E-state index is 0.403. The van der Waals surface area contributed by atoms with E-state index in [9.17, 15) is 0 Å². The Morgan fingerprint density at radius 2 is 2.17 bits per heavy atom. The highest BCUT2D eigenvalue weighted by atomic mass is 15.3. The normalized spacial score (nSPS) is 11.2. The van der Waals surface area contributed by atoms with E-state index in [2.05, 4.69) is 47.9 Å². The van der Waals surface area contributed by atoms with Gasteiger partial charge in [-0.2, -0.15) is 0 Å². The topological polar surface area (TPSA) is 45.5 Å². The summed E-state index contributed by atoms with van der Waals surface area (Å²) in [5, 5.41) is 3.26. The van der Waals surface area contributed by atoms with Gasteiger partial charge in [-0.15, -0.1) is 0 Å². The van der Waals surface area contributed by atoms with E-state index >= 15 is 0 Å². The Bertz CT molecular complexity index is 517. The largest absolute Gasteiger partial charge is 0.369 e. The lowest BCUT2D eigenvalue weighted by molar-refractivity contribution is 0.693. The van der Waals surface area contributed by atoms with Crippen molar-refractivity contribution in [3.8, 4) is 0 Å². The van der Waals surface area contributed by atoms with Crippen molar-refractivity contribution in [3.63, 3.8) is 0 Å². The van der Waals surface area contributed by atoms with E-state index in [1.165, 1.54) is 0 Å². The van der Waals surface area contributed by atoms with E-state index in [4.69, 9.17) is 0 Å². The summed E-state index contributed by atoms with van der Waals surface area (Å²) in [5.41, 5.74) is 0.909. The fourth-order valence-electron chi connectivity index (χ4n) is 2.13. The Morgan fingerprint density at radius 3 is 2.78 bits per heavy atom. The molecule has 0 fully saturated rings. The van der Waals surface area contributed by atoms with Crippen molar-refractivity contribution < 1.29 is 0 Å². The van der Waals surface area contributed by atoms with Crippen LogP contribution in [0.1, 0.15) is 27.7 Å². The fourth-order valence-corrected chi connectivity index (χ4v) is 2.13. The van der Waals surface area contributed by atoms with Gasteiger partial charge in [-0.25, -0.2) is 9.97 Å². The maximum Gasteiger partial charge on any atom is 0.180 e. The second-order valence-electron chi connectivity index (χ2n) is 4.52. The van der Waals surface area contributed by atoms with Gasteiger partial charge in [0, 0.05) is 31.5 Å². The molecule has 0 unspecified atom stereocenters. The summed E-state index contributed by atoms with van der Waals surface area (Å²) in [5.74, 6) is 1.83. The summed E-state index contributed by atoms with van der Waals surface area (Å²) in [4.78, 5) is 11.3. The molecule has 5 heteroatoms. The second kappa shape index (κ2) is 5.25. The molecule has 0 aliphatic rings. The number of rotatable bonds is 5. The molecule has 2 aromatic heterocycles. The van der Waals surface area contributed by atoms with Crippen molar-refractivity contribution in [1.82, 2.24) is 14.4 Å². The van der Waals surface area contributed by atoms with Crippen molar-refractivity contribution in [2.75, 3.05) is 23.3 Å². The van der Waals surface area contributed by atoms with Gasteiger partial charge in [-0.05, 0) is 27.7 Å². The van der Waals surface area contributed by atoms with Crippen LogP contribution in [-0.2, 0) is 0 Å². The molecule has 98 valence electrons. The highest BCUT2D eigenvalue weighted by Crippen LogP contribution is 2.22. The molecule has 2 rings (SSSR count). The van der Waals surface area contributed by atoms with Crippen molar-refractivity contribution >= 4 is 17.3 Å². The zero-order valence-corrected chi connectivity index (χ0v) is 11.5. The van der Waals surface area contributed by atoms with Crippen molar-refractivity contribution in [2.24, 2.45) is 0 Å². The summed E-state index contributed by atoms with van der Waals surface area (Å²) in [6, 6.07) is 0.403. The molecule has 5 nitrogen and oxygen atoms in total. The van der Waals surface area contributed by atoms with Crippen molar-refractivity contribution in [2.45, 2.75) is 33.7 Å². The lowest BCUT2D eigenvalue weighted by atomic mass is 10.3. The number of fused-ring (bicyclic) bond motifs is 1. The molecule has 18 heavy (non-hydrogen) atoms. The number of hydrogen-bond acceptors (Lipinski definition) is 4. The van der Waals surface area contributed by atoms with E-state index < -0.39 is 0 Å². The Hall–Kier alpha value is -1.78. The first kappa shape index (κ1) is 12.7. The lowest BCUT2D eigenvalue weighted by Crippen LogP contribution is -2.31. The minimum Gasteiger partial charge on any atom is -0.369 e. The maximum absolute atomic E-state index is 4.69. The van der Waals surface area contributed by atoms with Gasteiger partial charge in [-0.1, -0.05) is 0 Å². The Labute approximate surface area is 108 Å². The first-order chi connectivity index (χ1) is 8.67. The molecule has 0 amide bonds. The van der Waals surface area contributed by atoms with Gasteiger partial charge in [0.2, 0.25) is 0 Å². The third-order valence-electron chi connectivity index (χ3n) is 2.95. The van der Waals surface area contributed by atoms with Crippen LogP contribution in [0.3, 0.4) is 0 Å². The molecule has 1 N–H and O–H groups in total. The van der Waals surface area contributed by atoms with Crippen LogP contribution in [-0.4, -0.2) is 33.5 Å². The molecular formula is C13H21N5. The molecule has 0 aromatic carbocycles. The zero-order valence-electron chi connectivity index (χ0n) is 11.5. The molecule has 2 heterocycles. The standard InChI is InChI=1S/C13H21N5/c1-5-14-11-9-17-8-7-15-12(17)13(16-11)18(6-2)10(3)4/h7-10,14H,5-6H2,1-4H3. The first-order valence-corrected chi connectivity index (χ1v) is 6.51. The van der Waals surface area contributed by atoms with Crippen LogP contribution in [0.15, 0.2) is 18.6 Å². The van der Waals surface area contributed by atoms with Gasteiger partial charge in [0.25, 0.3) is 0 Å². The van der Waals surface area contributed by atoms with Crippen molar-refractivity contribution in [1.29, 1.82) is 0 Å². The van der Waals surface area contributed by atoms with Crippen LogP contribution < -0.4 is 10.2 Å². The Morgan fingerprint density at radius 1 is 1.39 bits per heavy atom. The van der Waals surface area contributed by atoms with Crippen molar-refractivity contribution in [3.05, 3.63) is 18.6 Å². The maximum atomic E-state index is 4.69. The number of anilines is 2. The predicted octanol–water partition coefficient (Wildman–Crippen LogP) is 2.40. The predicted molar refractivity (Wildman–Crippen MR) is 75.3 cm³/mol. The van der Waals surface area contributed by atoms with Crippen LogP contribution >= 0.6 is 0 Å². The summed E-state index contributed by atoms with van der Waals surface area (Å²) >= 11 is 0. The summed E-state index contributed by atoms with van der Waals surface area (Å²) < 4.78 is 2.02. The van der Waals surface area contributed by atoms with Crippen LogP contribution in [0.2, 0.25) is 0 Å². The number of imidazole rings is 1. The van der Waals surface area contributed by atoms with E-state index in [0.717, 1.165) is 30.4 Å². The summed E-state index contributed by atoms with van der Waals surface area (Å²) in [6.07, 6.45) is 5.74. The van der Waals surface area contributed by atoms with Crippen LogP contribution in [0.5, 0.6) is 0 Å². The number of nitrogens with one attached hydrogen (secondary N) is 1. The van der Waals surface area contributed by atoms with Gasteiger partial charge in [0.05, 0.1) is 6.20 Å². The van der Waals surface area contributed by atoms with E-state index in [1.54, 1.807) is 0 Å². The number of hydrogen-bond donors (Lipinski definition) is 1. The summed E-state index contributed by atoms with van der Waals surface area (Å²) in [6.45, 7) is 10.3. The van der Waals surface area contributed by atoms with Gasteiger partial charge in [-0.3, -0.25) is 0 Å². The van der Waals surface area contributed by atoms with Gasteiger partial charge in [0.15, 0.2) is 11.5 Å².